The topological polar surface area (TPSA) is 66.9 Å². The molecule has 0 aliphatic heterocycles. The molecule has 0 spiro atoms. The minimum Gasteiger partial charge on any atom is -0.396 e. The summed E-state index contributed by atoms with van der Waals surface area (Å²) in [7, 11) is -1.30. The Morgan fingerprint density at radius 2 is 2.18 bits per heavy atom. The van der Waals surface area contributed by atoms with E-state index in [2.05, 4.69) is 6.07 Å². The lowest BCUT2D eigenvalue weighted by molar-refractivity contribution is 0.479. The maximum Gasteiger partial charge on any atom is 0.147 e. The van der Waals surface area contributed by atoms with Crippen molar-refractivity contribution in [1.82, 2.24) is 0 Å². The van der Waals surface area contributed by atoms with Crippen LogP contribution in [-0.4, -0.2) is 9.96 Å². The average molecular weight is 254 g/mol. The van der Waals surface area contributed by atoms with Gasteiger partial charge in [-0.2, -0.15) is 5.26 Å². The summed E-state index contributed by atoms with van der Waals surface area (Å²) in [6.45, 7) is 3.57. The molecule has 0 aliphatic carbocycles. The lowest BCUT2D eigenvalue weighted by Crippen LogP contribution is -2.13. The number of nitriles is 1. The number of nitrogen functional groups attached to an aromatic ring is 1. The summed E-state index contributed by atoms with van der Waals surface area (Å²) >= 11 is 0. The maximum atomic E-state index is 13.2. The molecule has 0 amide bonds. The first-order valence-electron chi connectivity index (χ1n) is 5.20. The summed E-state index contributed by atoms with van der Waals surface area (Å²) in [5.74, 6) is -0.223. The van der Waals surface area contributed by atoms with E-state index in [1.165, 1.54) is 12.1 Å². The van der Waals surface area contributed by atoms with Gasteiger partial charge in [-0.15, -0.1) is 0 Å². The van der Waals surface area contributed by atoms with Gasteiger partial charge < -0.3 is 5.73 Å². The fourth-order valence-electron chi connectivity index (χ4n) is 1.17. The van der Waals surface area contributed by atoms with E-state index in [1.807, 2.05) is 0 Å². The van der Waals surface area contributed by atoms with Crippen molar-refractivity contribution in [1.29, 1.82) is 5.26 Å². The molecule has 3 nitrogen and oxygen atoms in total. The van der Waals surface area contributed by atoms with E-state index >= 15 is 0 Å². The van der Waals surface area contributed by atoms with Crippen molar-refractivity contribution in [2.24, 2.45) is 5.41 Å². The number of rotatable bonds is 4. The Kier molecular flexibility index (Phi) is 4.24. The van der Waals surface area contributed by atoms with Gasteiger partial charge >= 0.3 is 0 Å². The average Bonchev–Trinajstić information content (AvgIpc) is 2.30. The molecular formula is C12H15FN2OS. The Hall–Kier alpha value is -1.41. The molecule has 0 bridgehead atoms. The van der Waals surface area contributed by atoms with E-state index in [4.69, 9.17) is 11.0 Å². The second kappa shape index (κ2) is 5.28. The molecule has 92 valence electrons. The minimum atomic E-state index is -1.30. The zero-order valence-corrected chi connectivity index (χ0v) is 10.7. The highest BCUT2D eigenvalue weighted by Gasteiger charge is 2.18. The number of nitrogens with zero attached hydrogens (tertiary/aromatic N) is 1. The monoisotopic (exact) mass is 254 g/mol. The van der Waals surface area contributed by atoms with Crippen LogP contribution in [0.25, 0.3) is 0 Å². The lowest BCUT2D eigenvalue weighted by Gasteiger charge is -2.14. The van der Waals surface area contributed by atoms with E-state index in [9.17, 15) is 8.60 Å². The standard InChI is InChI=1S/C12H15FN2OS/c1-12(2,8-14)5-6-17(16)9-3-4-11(15)10(13)7-9/h3-4,7H,5-6,15H2,1-2H3. The summed E-state index contributed by atoms with van der Waals surface area (Å²) in [6.07, 6.45) is 0.502. The number of hydrogen-bond acceptors (Lipinski definition) is 3. The van der Waals surface area contributed by atoms with Gasteiger partial charge in [-0.1, -0.05) is 0 Å². The highest BCUT2D eigenvalue weighted by atomic mass is 32.2. The summed E-state index contributed by atoms with van der Waals surface area (Å²) in [4.78, 5) is 0.408. The summed E-state index contributed by atoms with van der Waals surface area (Å²) < 4.78 is 25.0. The Morgan fingerprint density at radius 1 is 1.53 bits per heavy atom. The Balaban J connectivity index is 2.72. The van der Waals surface area contributed by atoms with E-state index in [0.29, 0.717) is 17.1 Å². The molecule has 2 N–H and O–H groups in total. The van der Waals surface area contributed by atoms with Gasteiger partial charge in [0.15, 0.2) is 0 Å². The zero-order valence-electron chi connectivity index (χ0n) is 9.87. The molecular weight excluding hydrogens is 239 g/mol. The molecule has 0 aliphatic rings. The first-order chi connectivity index (χ1) is 7.85. The number of anilines is 1. The van der Waals surface area contributed by atoms with E-state index in [1.54, 1.807) is 19.9 Å². The zero-order chi connectivity index (χ0) is 13.1. The molecule has 0 heterocycles. The predicted octanol–water partition coefficient (Wildman–Crippen LogP) is 2.46. The second-order valence-electron chi connectivity index (χ2n) is 4.48. The van der Waals surface area contributed by atoms with Gasteiger partial charge in [-0.25, -0.2) is 4.39 Å². The SMILES string of the molecule is CC(C)(C#N)CCS(=O)c1ccc(N)c(F)c1. The van der Waals surface area contributed by atoms with Crippen molar-refractivity contribution in [2.45, 2.75) is 25.2 Å². The van der Waals surface area contributed by atoms with Crippen molar-refractivity contribution in [2.75, 3.05) is 11.5 Å². The lowest BCUT2D eigenvalue weighted by atomic mass is 9.93. The summed E-state index contributed by atoms with van der Waals surface area (Å²) in [6, 6.07) is 6.28. The molecule has 0 fully saturated rings. The fraction of sp³-hybridized carbons (Fsp3) is 0.417. The van der Waals surface area contributed by atoms with Gasteiger partial charge in [0.25, 0.3) is 0 Å². The number of nitrogens with two attached hydrogens (primary N) is 1. The number of benzene rings is 1. The van der Waals surface area contributed by atoms with Crippen LogP contribution in [0.3, 0.4) is 0 Å². The van der Waals surface area contributed by atoms with Crippen LogP contribution in [-0.2, 0) is 10.8 Å². The minimum absolute atomic E-state index is 0.0445. The van der Waals surface area contributed by atoms with Gasteiger partial charge in [-0.05, 0) is 38.5 Å². The van der Waals surface area contributed by atoms with Crippen molar-refractivity contribution < 1.29 is 8.60 Å². The Labute approximate surface area is 103 Å². The molecule has 1 unspecified atom stereocenters. The molecule has 1 atom stereocenters. The van der Waals surface area contributed by atoms with Crippen LogP contribution < -0.4 is 5.73 Å². The van der Waals surface area contributed by atoms with Crippen LogP contribution in [0.4, 0.5) is 10.1 Å². The summed E-state index contributed by atoms with van der Waals surface area (Å²) in [5, 5.41) is 8.83. The fourth-order valence-corrected chi connectivity index (χ4v) is 2.56. The van der Waals surface area contributed by atoms with Gasteiger partial charge in [0, 0.05) is 10.6 Å². The molecule has 5 heteroatoms. The van der Waals surface area contributed by atoms with Crippen LogP contribution in [0.2, 0.25) is 0 Å². The first kappa shape index (κ1) is 13.7. The van der Waals surface area contributed by atoms with E-state index < -0.39 is 22.0 Å². The molecule has 0 saturated carbocycles. The maximum absolute atomic E-state index is 13.2. The van der Waals surface area contributed by atoms with Gasteiger partial charge in [-0.3, -0.25) is 4.21 Å². The third-order valence-corrected chi connectivity index (χ3v) is 3.80. The highest BCUT2D eigenvalue weighted by Crippen LogP contribution is 2.21. The molecule has 17 heavy (non-hydrogen) atoms. The third kappa shape index (κ3) is 3.82. The predicted molar refractivity (Wildman–Crippen MR) is 66.1 cm³/mol. The van der Waals surface area contributed by atoms with Crippen LogP contribution in [0.5, 0.6) is 0 Å². The molecule has 0 aromatic heterocycles. The Bertz CT molecular complexity index is 480. The van der Waals surface area contributed by atoms with E-state index in [0.717, 1.165) is 0 Å². The summed E-state index contributed by atoms with van der Waals surface area (Å²) in [5.41, 5.74) is 4.87. The van der Waals surface area contributed by atoms with Crippen LogP contribution in [0, 0.1) is 22.6 Å². The third-order valence-electron chi connectivity index (χ3n) is 2.45. The van der Waals surface area contributed by atoms with Crippen molar-refractivity contribution in [3.8, 4) is 6.07 Å². The molecule has 1 rings (SSSR count). The first-order valence-corrected chi connectivity index (χ1v) is 6.52. The molecule has 0 saturated heterocycles. The van der Waals surface area contributed by atoms with Crippen molar-refractivity contribution in [3.63, 3.8) is 0 Å². The van der Waals surface area contributed by atoms with Gasteiger partial charge in [0.1, 0.15) is 5.82 Å². The van der Waals surface area contributed by atoms with Crippen LogP contribution in [0.1, 0.15) is 20.3 Å². The van der Waals surface area contributed by atoms with Gasteiger partial charge in [0.2, 0.25) is 0 Å². The highest BCUT2D eigenvalue weighted by molar-refractivity contribution is 7.85. The second-order valence-corrected chi connectivity index (χ2v) is 6.05. The number of hydrogen-bond donors (Lipinski definition) is 1. The van der Waals surface area contributed by atoms with E-state index in [-0.39, 0.29) is 5.69 Å². The molecule has 0 radical (unpaired) electrons. The number of halogens is 1. The van der Waals surface area contributed by atoms with Crippen LogP contribution >= 0.6 is 0 Å². The van der Waals surface area contributed by atoms with Gasteiger partial charge in [0.05, 0.1) is 28.0 Å². The largest absolute Gasteiger partial charge is 0.396 e. The van der Waals surface area contributed by atoms with Crippen molar-refractivity contribution >= 4 is 16.5 Å². The normalized spacial score (nSPS) is 13.1. The van der Waals surface area contributed by atoms with Crippen molar-refractivity contribution in [3.05, 3.63) is 24.0 Å². The quantitative estimate of drug-likeness (QED) is 0.839. The van der Waals surface area contributed by atoms with Crippen LogP contribution in [0.15, 0.2) is 23.1 Å². The Morgan fingerprint density at radius 3 is 2.71 bits per heavy atom. The molecule has 1 aromatic carbocycles. The smallest absolute Gasteiger partial charge is 0.147 e. The molecule has 1 aromatic rings.